The van der Waals surface area contributed by atoms with E-state index in [1.807, 2.05) is 6.07 Å². The fraction of sp³-hybridized carbons (Fsp3) is 0.273. The summed E-state index contributed by atoms with van der Waals surface area (Å²) in [6.45, 7) is 0.271. The molecule has 1 aromatic carbocycles. The predicted octanol–water partition coefficient (Wildman–Crippen LogP) is 2.12. The van der Waals surface area contributed by atoms with Crippen LogP contribution < -0.4 is 4.90 Å². The summed E-state index contributed by atoms with van der Waals surface area (Å²) in [5, 5.41) is 19.5. The van der Waals surface area contributed by atoms with Crippen LogP contribution in [0.4, 0.5) is 11.4 Å². The maximum absolute atomic E-state index is 11.7. The van der Waals surface area contributed by atoms with Crippen LogP contribution in [-0.4, -0.2) is 17.4 Å². The number of amides is 1. The Kier molecular flexibility index (Phi) is 3.17. The van der Waals surface area contributed by atoms with Gasteiger partial charge in [-0.15, -0.1) is 0 Å². The van der Waals surface area contributed by atoms with Gasteiger partial charge in [-0.1, -0.05) is 11.6 Å². The zero-order chi connectivity index (χ0) is 13.3. The number of carbonyl (C=O) groups excluding carboxylic acids is 1. The highest BCUT2D eigenvalue weighted by Gasteiger charge is 2.31. The number of benzene rings is 1. The lowest BCUT2D eigenvalue weighted by Crippen LogP contribution is -2.24. The molecule has 0 bridgehead atoms. The topological polar surface area (TPSA) is 87.2 Å². The van der Waals surface area contributed by atoms with E-state index in [1.54, 1.807) is 0 Å². The minimum absolute atomic E-state index is 0.132. The van der Waals surface area contributed by atoms with Crippen molar-refractivity contribution >= 4 is 28.9 Å². The third kappa shape index (κ3) is 2.13. The molecule has 1 aliphatic heterocycles. The lowest BCUT2D eigenvalue weighted by atomic mass is 10.1. The first-order valence-corrected chi connectivity index (χ1v) is 5.54. The standard InChI is InChI=1S/C11H8ClN3O3/c12-9-4-8(15(17)18)1-2-10(9)14-6-7(5-13)3-11(14)16/h1-2,4,7H,3,6H2. The van der Waals surface area contributed by atoms with Gasteiger partial charge >= 0.3 is 0 Å². The summed E-state index contributed by atoms with van der Waals surface area (Å²) in [5.41, 5.74) is 0.275. The molecule has 0 radical (unpaired) electrons. The number of anilines is 1. The zero-order valence-electron chi connectivity index (χ0n) is 9.17. The van der Waals surface area contributed by atoms with Gasteiger partial charge < -0.3 is 4.90 Å². The normalized spacial score (nSPS) is 18.8. The van der Waals surface area contributed by atoms with Crippen molar-refractivity contribution in [2.75, 3.05) is 11.4 Å². The molecule has 0 aliphatic carbocycles. The molecule has 1 amide bonds. The molecule has 1 aliphatic rings. The number of nitro benzene ring substituents is 1. The highest BCUT2D eigenvalue weighted by molar-refractivity contribution is 6.34. The summed E-state index contributed by atoms with van der Waals surface area (Å²) in [6, 6.07) is 5.94. The van der Waals surface area contributed by atoms with Gasteiger partial charge in [-0.05, 0) is 6.07 Å². The van der Waals surface area contributed by atoms with Gasteiger partial charge in [0.15, 0.2) is 0 Å². The average Bonchev–Trinajstić information content (AvgIpc) is 2.70. The number of hydrogen-bond donors (Lipinski definition) is 0. The van der Waals surface area contributed by atoms with Gasteiger partial charge in [0.05, 0.1) is 27.6 Å². The third-order valence-electron chi connectivity index (χ3n) is 2.74. The summed E-state index contributed by atoms with van der Waals surface area (Å²) in [6.07, 6.45) is 0.157. The second-order valence-electron chi connectivity index (χ2n) is 3.93. The lowest BCUT2D eigenvalue weighted by Gasteiger charge is -2.16. The van der Waals surface area contributed by atoms with E-state index in [1.165, 1.54) is 23.1 Å². The molecule has 92 valence electrons. The smallest absolute Gasteiger partial charge is 0.271 e. The van der Waals surface area contributed by atoms with Crippen LogP contribution in [0.2, 0.25) is 5.02 Å². The van der Waals surface area contributed by atoms with Gasteiger partial charge in [-0.25, -0.2) is 0 Å². The van der Waals surface area contributed by atoms with Crippen LogP contribution in [0.5, 0.6) is 0 Å². The molecule has 1 heterocycles. The summed E-state index contributed by atoms with van der Waals surface area (Å²) >= 11 is 5.93. The first-order valence-electron chi connectivity index (χ1n) is 5.17. The first-order chi connectivity index (χ1) is 8.52. The number of rotatable bonds is 2. The Morgan fingerprint density at radius 3 is 2.78 bits per heavy atom. The quantitative estimate of drug-likeness (QED) is 0.605. The molecular formula is C11H8ClN3O3. The third-order valence-corrected chi connectivity index (χ3v) is 3.04. The summed E-state index contributed by atoms with van der Waals surface area (Å²) in [7, 11) is 0. The van der Waals surface area contributed by atoms with Crippen LogP contribution in [0.15, 0.2) is 18.2 Å². The molecule has 1 unspecified atom stereocenters. The molecule has 1 aromatic rings. The average molecular weight is 266 g/mol. The molecular weight excluding hydrogens is 258 g/mol. The number of nitriles is 1. The summed E-state index contributed by atoms with van der Waals surface area (Å²) < 4.78 is 0. The van der Waals surface area contributed by atoms with Crippen molar-refractivity contribution in [1.82, 2.24) is 0 Å². The molecule has 0 saturated carbocycles. The van der Waals surface area contributed by atoms with Crippen molar-refractivity contribution in [3.63, 3.8) is 0 Å². The maximum Gasteiger partial charge on any atom is 0.271 e. The number of nitrogens with zero attached hydrogens (tertiary/aromatic N) is 3. The van der Waals surface area contributed by atoms with Crippen molar-refractivity contribution < 1.29 is 9.72 Å². The van der Waals surface area contributed by atoms with Crippen LogP contribution in [0.1, 0.15) is 6.42 Å². The van der Waals surface area contributed by atoms with E-state index < -0.39 is 4.92 Å². The Bertz CT molecular complexity index is 567. The van der Waals surface area contributed by atoms with Gasteiger partial charge in [0.25, 0.3) is 5.69 Å². The van der Waals surface area contributed by atoms with Crippen molar-refractivity contribution in [3.05, 3.63) is 33.3 Å². The molecule has 0 N–H and O–H groups in total. The second-order valence-corrected chi connectivity index (χ2v) is 4.33. The number of carbonyl (C=O) groups is 1. The summed E-state index contributed by atoms with van der Waals surface area (Å²) in [4.78, 5) is 23.1. The van der Waals surface area contributed by atoms with Crippen LogP contribution >= 0.6 is 11.6 Å². The number of hydrogen-bond acceptors (Lipinski definition) is 4. The zero-order valence-corrected chi connectivity index (χ0v) is 9.92. The highest BCUT2D eigenvalue weighted by Crippen LogP contribution is 2.33. The molecule has 18 heavy (non-hydrogen) atoms. The van der Waals surface area contributed by atoms with Crippen molar-refractivity contribution in [2.45, 2.75) is 6.42 Å². The molecule has 0 aromatic heterocycles. The fourth-order valence-corrected chi connectivity index (χ4v) is 2.13. The minimum Gasteiger partial charge on any atom is -0.310 e. The van der Waals surface area contributed by atoms with Gasteiger partial charge in [0.2, 0.25) is 5.91 Å². The van der Waals surface area contributed by atoms with Gasteiger partial charge in [-0.3, -0.25) is 14.9 Å². The SMILES string of the molecule is N#CC1CC(=O)N(c2ccc([N+](=O)[O-])cc2Cl)C1. The van der Waals surface area contributed by atoms with E-state index in [0.29, 0.717) is 5.69 Å². The molecule has 0 spiro atoms. The maximum atomic E-state index is 11.7. The molecule has 7 heteroatoms. The number of halogens is 1. The van der Waals surface area contributed by atoms with Crippen molar-refractivity contribution in [3.8, 4) is 6.07 Å². The Morgan fingerprint density at radius 2 is 2.28 bits per heavy atom. The predicted molar refractivity (Wildman–Crippen MR) is 64.2 cm³/mol. The van der Waals surface area contributed by atoms with E-state index in [2.05, 4.69) is 0 Å². The Morgan fingerprint density at radius 1 is 1.56 bits per heavy atom. The van der Waals surface area contributed by atoms with E-state index in [9.17, 15) is 14.9 Å². The van der Waals surface area contributed by atoms with Gasteiger partial charge in [-0.2, -0.15) is 5.26 Å². The van der Waals surface area contributed by atoms with Crippen molar-refractivity contribution in [2.24, 2.45) is 5.92 Å². The first kappa shape index (κ1) is 12.3. The fourth-order valence-electron chi connectivity index (χ4n) is 1.86. The van der Waals surface area contributed by atoms with E-state index in [-0.39, 0.29) is 35.5 Å². The molecule has 1 fully saturated rings. The highest BCUT2D eigenvalue weighted by atomic mass is 35.5. The molecule has 2 rings (SSSR count). The van der Waals surface area contributed by atoms with Crippen LogP contribution in [0.3, 0.4) is 0 Å². The lowest BCUT2D eigenvalue weighted by molar-refractivity contribution is -0.384. The second kappa shape index (κ2) is 4.63. The van der Waals surface area contributed by atoms with Gasteiger partial charge in [0, 0.05) is 25.1 Å². The number of nitro groups is 1. The van der Waals surface area contributed by atoms with E-state index in [0.717, 1.165) is 0 Å². The van der Waals surface area contributed by atoms with E-state index in [4.69, 9.17) is 16.9 Å². The van der Waals surface area contributed by atoms with Gasteiger partial charge in [0.1, 0.15) is 0 Å². The van der Waals surface area contributed by atoms with Crippen LogP contribution in [-0.2, 0) is 4.79 Å². The summed E-state index contributed by atoms with van der Waals surface area (Å²) in [5.74, 6) is -0.555. The van der Waals surface area contributed by atoms with E-state index >= 15 is 0 Å². The largest absolute Gasteiger partial charge is 0.310 e. The molecule has 6 nitrogen and oxygen atoms in total. The van der Waals surface area contributed by atoms with Crippen LogP contribution in [0.25, 0.3) is 0 Å². The molecule has 1 atom stereocenters. The Balaban J connectivity index is 2.33. The molecule has 1 saturated heterocycles. The van der Waals surface area contributed by atoms with Crippen molar-refractivity contribution in [1.29, 1.82) is 5.26 Å². The monoisotopic (exact) mass is 265 g/mol. The Labute approximate surface area is 108 Å². The minimum atomic E-state index is -0.556. The Hall–Kier alpha value is -2.13. The van der Waals surface area contributed by atoms with Crippen LogP contribution in [0, 0.1) is 27.4 Å². The number of non-ortho nitro benzene ring substituents is 1.